The third kappa shape index (κ3) is 5.41. The van der Waals surface area contributed by atoms with Crippen LogP contribution in [0.25, 0.3) is 22.2 Å². The number of carbonyl (C=O) groups is 1. The number of ether oxygens (including phenoxy) is 2. The molecule has 0 saturated carbocycles. The fourth-order valence-corrected chi connectivity index (χ4v) is 4.12. The van der Waals surface area contributed by atoms with E-state index in [1.165, 1.54) is 12.5 Å². The first kappa shape index (κ1) is 25.0. The van der Waals surface area contributed by atoms with Crippen molar-refractivity contribution in [2.75, 3.05) is 45.0 Å². The molecule has 0 atom stereocenters. The van der Waals surface area contributed by atoms with Gasteiger partial charge in [-0.1, -0.05) is 18.2 Å². The second kappa shape index (κ2) is 10.7. The van der Waals surface area contributed by atoms with E-state index in [0.29, 0.717) is 41.1 Å². The van der Waals surface area contributed by atoms with Crippen LogP contribution in [0.5, 0.6) is 11.5 Å². The Morgan fingerprint density at radius 3 is 2.69 bits per heavy atom. The minimum atomic E-state index is -0.182. The van der Waals surface area contributed by atoms with Crippen molar-refractivity contribution in [2.24, 2.45) is 7.05 Å². The Labute approximate surface area is 211 Å². The maximum Gasteiger partial charge on any atom is 0.227 e. The lowest BCUT2D eigenvalue weighted by Gasteiger charge is -2.16. The van der Waals surface area contributed by atoms with Crippen LogP contribution in [0.3, 0.4) is 0 Å². The maximum atomic E-state index is 11.8. The van der Waals surface area contributed by atoms with Gasteiger partial charge in [-0.2, -0.15) is 0 Å². The number of methoxy groups -OCH3 is 1. The minimum Gasteiger partial charge on any atom is -0.493 e. The Morgan fingerprint density at radius 2 is 1.97 bits per heavy atom. The third-order valence-corrected chi connectivity index (χ3v) is 5.78. The summed E-state index contributed by atoms with van der Waals surface area (Å²) in [5.74, 6) is 1.41. The lowest BCUT2D eigenvalue weighted by atomic mass is 10.1. The standard InChI is InChI=1S/C27H32N6O3/c1-17-8-7-9-20-21(16-33(5)26(17)20)25-24(35-6)15-28-27(31-25)30-19-10-11-23(36-13-12-32(3)4)22(14-19)29-18(2)34/h7-11,14-16H,12-13H2,1-6H3,(H,29,34)(H,28,30,31). The number of hydrogen-bond acceptors (Lipinski definition) is 7. The van der Waals surface area contributed by atoms with Crippen LogP contribution in [0, 0.1) is 6.92 Å². The van der Waals surface area contributed by atoms with E-state index in [0.717, 1.165) is 23.0 Å². The van der Waals surface area contributed by atoms with Crippen LogP contribution >= 0.6 is 0 Å². The van der Waals surface area contributed by atoms with Crippen molar-refractivity contribution in [3.63, 3.8) is 0 Å². The number of carbonyl (C=O) groups excluding carboxylic acids is 1. The van der Waals surface area contributed by atoms with Crippen LogP contribution in [-0.4, -0.2) is 59.7 Å². The summed E-state index contributed by atoms with van der Waals surface area (Å²) < 4.78 is 13.6. The summed E-state index contributed by atoms with van der Waals surface area (Å²) in [6, 6.07) is 11.7. The zero-order valence-electron chi connectivity index (χ0n) is 21.5. The van der Waals surface area contributed by atoms with E-state index in [1.807, 2.05) is 44.2 Å². The van der Waals surface area contributed by atoms with Gasteiger partial charge in [-0.05, 0) is 44.8 Å². The Balaban J connectivity index is 1.67. The predicted octanol–water partition coefficient (Wildman–Crippen LogP) is 4.59. The molecule has 188 valence electrons. The molecule has 0 saturated heterocycles. The molecule has 2 aromatic heterocycles. The highest BCUT2D eigenvalue weighted by Gasteiger charge is 2.17. The normalized spacial score (nSPS) is 11.1. The Kier molecular flexibility index (Phi) is 7.40. The molecule has 0 bridgehead atoms. The summed E-state index contributed by atoms with van der Waals surface area (Å²) in [5.41, 5.74) is 5.27. The van der Waals surface area contributed by atoms with Crippen molar-refractivity contribution < 1.29 is 14.3 Å². The molecule has 1 amide bonds. The molecule has 4 aromatic rings. The van der Waals surface area contributed by atoms with Crippen molar-refractivity contribution in [3.8, 4) is 22.8 Å². The third-order valence-electron chi connectivity index (χ3n) is 5.78. The van der Waals surface area contributed by atoms with E-state index in [-0.39, 0.29) is 5.91 Å². The number of nitrogens with one attached hydrogen (secondary N) is 2. The largest absolute Gasteiger partial charge is 0.493 e. The lowest BCUT2D eigenvalue weighted by molar-refractivity contribution is -0.114. The van der Waals surface area contributed by atoms with Crippen molar-refractivity contribution in [1.82, 2.24) is 19.4 Å². The lowest BCUT2D eigenvalue weighted by Crippen LogP contribution is -2.20. The van der Waals surface area contributed by atoms with Gasteiger partial charge in [0.15, 0.2) is 5.75 Å². The molecule has 0 aliphatic rings. The fraction of sp³-hybridized carbons (Fsp3) is 0.296. The molecule has 2 aromatic carbocycles. The van der Waals surface area contributed by atoms with Gasteiger partial charge >= 0.3 is 0 Å². The first-order valence-corrected chi connectivity index (χ1v) is 11.7. The van der Waals surface area contributed by atoms with Gasteiger partial charge in [0, 0.05) is 43.4 Å². The topological polar surface area (TPSA) is 93.5 Å². The quantitative estimate of drug-likeness (QED) is 0.356. The molecule has 2 heterocycles. The molecule has 9 nitrogen and oxygen atoms in total. The second-order valence-corrected chi connectivity index (χ2v) is 8.90. The summed E-state index contributed by atoms with van der Waals surface area (Å²) in [4.78, 5) is 23.1. The SMILES string of the molecule is COc1cnc(Nc2ccc(OCCN(C)C)c(NC(C)=O)c2)nc1-c1cn(C)c2c(C)cccc12. The van der Waals surface area contributed by atoms with Gasteiger partial charge in [0.1, 0.15) is 18.1 Å². The smallest absolute Gasteiger partial charge is 0.227 e. The van der Waals surface area contributed by atoms with E-state index in [4.69, 9.17) is 14.5 Å². The van der Waals surface area contributed by atoms with Gasteiger partial charge in [0.25, 0.3) is 0 Å². The molecular weight excluding hydrogens is 456 g/mol. The van der Waals surface area contributed by atoms with Gasteiger partial charge in [-0.25, -0.2) is 9.97 Å². The monoisotopic (exact) mass is 488 g/mol. The molecule has 2 N–H and O–H groups in total. The first-order valence-electron chi connectivity index (χ1n) is 11.7. The van der Waals surface area contributed by atoms with Crippen LogP contribution in [-0.2, 0) is 11.8 Å². The number of aryl methyl sites for hydroxylation is 2. The fourth-order valence-electron chi connectivity index (χ4n) is 4.12. The average molecular weight is 489 g/mol. The van der Waals surface area contributed by atoms with Crippen LogP contribution in [0.15, 0.2) is 48.8 Å². The number of fused-ring (bicyclic) bond motifs is 1. The molecule has 4 rings (SSSR count). The highest BCUT2D eigenvalue weighted by molar-refractivity contribution is 5.98. The van der Waals surface area contributed by atoms with Crippen LogP contribution in [0.1, 0.15) is 12.5 Å². The molecule has 9 heteroatoms. The van der Waals surface area contributed by atoms with Gasteiger partial charge in [0.05, 0.1) is 24.5 Å². The maximum absolute atomic E-state index is 11.8. The zero-order chi connectivity index (χ0) is 25.8. The summed E-state index contributed by atoms with van der Waals surface area (Å²) in [5, 5.41) is 7.18. The van der Waals surface area contributed by atoms with Gasteiger partial charge < -0.3 is 29.6 Å². The number of anilines is 3. The summed E-state index contributed by atoms with van der Waals surface area (Å²) in [7, 11) is 7.60. The average Bonchev–Trinajstić information content (AvgIpc) is 3.17. The Bertz CT molecular complexity index is 1400. The number of nitrogens with zero attached hydrogens (tertiary/aromatic N) is 4. The number of para-hydroxylation sites is 1. The summed E-state index contributed by atoms with van der Waals surface area (Å²) in [6.45, 7) is 4.82. The number of likely N-dealkylation sites (N-methyl/N-ethyl adjacent to an activating group) is 1. The van der Waals surface area contributed by atoms with E-state index in [9.17, 15) is 4.79 Å². The predicted molar refractivity (Wildman–Crippen MR) is 143 cm³/mol. The molecule has 0 fully saturated rings. The van der Waals surface area contributed by atoms with E-state index in [1.54, 1.807) is 19.4 Å². The Morgan fingerprint density at radius 1 is 1.17 bits per heavy atom. The number of benzene rings is 2. The minimum absolute atomic E-state index is 0.182. The molecule has 0 spiro atoms. The van der Waals surface area contributed by atoms with Crippen LogP contribution < -0.4 is 20.1 Å². The number of hydrogen-bond donors (Lipinski definition) is 2. The van der Waals surface area contributed by atoms with Crippen LogP contribution in [0.4, 0.5) is 17.3 Å². The van der Waals surface area contributed by atoms with Crippen LogP contribution in [0.2, 0.25) is 0 Å². The number of aromatic nitrogens is 3. The summed E-state index contributed by atoms with van der Waals surface area (Å²) in [6.07, 6.45) is 3.72. The zero-order valence-corrected chi connectivity index (χ0v) is 21.5. The van der Waals surface area contributed by atoms with Gasteiger partial charge in [-0.15, -0.1) is 0 Å². The molecule has 0 radical (unpaired) electrons. The Hall–Kier alpha value is -4.11. The van der Waals surface area contributed by atoms with Crippen molar-refractivity contribution in [2.45, 2.75) is 13.8 Å². The molecule has 36 heavy (non-hydrogen) atoms. The van der Waals surface area contributed by atoms with E-state index < -0.39 is 0 Å². The number of amides is 1. The highest BCUT2D eigenvalue weighted by Crippen LogP contribution is 2.36. The number of rotatable bonds is 9. The summed E-state index contributed by atoms with van der Waals surface area (Å²) >= 11 is 0. The second-order valence-electron chi connectivity index (χ2n) is 8.90. The molecular formula is C27H32N6O3. The van der Waals surface area contributed by atoms with E-state index in [2.05, 4.69) is 45.4 Å². The highest BCUT2D eigenvalue weighted by atomic mass is 16.5. The molecule has 0 aliphatic heterocycles. The van der Waals surface area contributed by atoms with E-state index >= 15 is 0 Å². The van der Waals surface area contributed by atoms with Crippen molar-refractivity contribution in [1.29, 1.82) is 0 Å². The van der Waals surface area contributed by atoms with Gasteiger partial charge in [-0.3, -0.25) is 4.79 Å². The van der Waals surface area contributed by atoms with Crippen molar-refractivity contribution >= 4 is 34.1 Å². The first-order chi connectivity index (χ1) is 17.3. The van der Waals surface area contributed by atoms with Gasteiger partial charge in [0.2, 0.25) is 11.9 Å². The van der Waals surface area contributed by atoms with Crippen molar-refractivity contribution in [3.05, 3.63) is 54.4 Å². The molecule has 0 unspecified atom stereocenters. The molecule has 0 aliphatic carbocycles.